The average molecular weight is 279 g/mol. The topological polar surface area (TPSA) is 32.7 Å². The molecule has 1 aromatic rings. The Hall–Kier alpha value is -1.35. The highest BCUT2D eigenvalue weighted by Gasteiger charge is 2.23. The summed E-state index contributed by atoms with van der Waals surface area (Å²) in [7, 11) is 1.82. The van der Waals surface area contributed by atoms with Crippen LogP contribution in [0.1, 0.15) is 37.8 Å². The Labute approximate surface area is 119 Å². The van der Waals surface area contributed by atoms with Crippen LogP contribution in [0.25, 0.3) is 0 Å². The molecule has 1 heterocycles. The zero-order valence-electron chi connectivity index (χ0n) is 11.6. The van der Waals surface area contributed by atoms with E-state index in [4.69, 9.17) is 11.6 Å². The van der Waals surface area contributed by atoms with E-state index in [-0.39, 0.29) is 11.9 Å². The Morgan fingerprint density at radius 3 is 2.89 bits per heavy atom. The van der Waals surface area contributed by atoms with E-state index in [1.54, 1.807) is 4.90 Å². The summed E-state index contributed by atoms with van der Waals surface area (Å²) >= 11 is 6.10. The number of amides is 1. The summed E-state index contributed by atoms with van der Waals surface area (Å²) in [6.45, 7) is 4.58. The number of benzene rings is 1. The number of hydrogen-bond acceptors (Lipinski definition) is 2. The van der Waals surface area contributed by atoms with Gasteiger partial charge in [0.05, 0.1) is 0 Å². The lowest BCUT2D eigenvalue weighted by Gasteiger charge is -2.25. The molecular formula is C15H19ClN2O. The van der Waals surface area contributed by atoms with Crippen molar-refractivity contribution in [1.29, 1.82) is 0 Å². The van der Waals surface area contributed by atoms with E-state index >= 15 is 0 Å². The molecule has 3 nitrogen and oxygen atoms in total. The molecule has 0 radical (unpaired) electrons. The van der Waals surface area contributed by atoms with E-state index in [9.17, 15) is 4.79 Å². The van der Waals surface area contributed by atoms with Crippen LogP contribution in [0.5, 0.6) is 0 Å². The normalized spacial score (nSPS) is 19.6. The molecule has 1 aliphatic heterocycles. The summed E-state index contributed by atoms with van der Waals surface area (Å²) in [6.07, 6.45) is 1.87. The first kappa shape index (κ1) is 14.1. The summed E-state index contributed by atoms with van der Waals surface area (Å²) in [5.41, 5.74) is 3.19. The van der Waals surface area contributed by atoms with E-state index in [0.29, 0.717) is 11.6 Å². The van der Waals surface area contributed by atoms with Crippen LogP contribution in [0.2, 0.25) is 5.02 Å². The van der Waals surface area contributed by atoms with Gasteiger partial charge >= 0.3 is 0 Å². The molecule has 0 aromatic heterocycles. The van der Waals surface area contributed by atoms with Crippen LogP contribution >= 0.6 is 11.6 Å². The molecule has 2 rings (SSSR count). The highest BCUT2D eigenvalue weighted by Crippen LogP contribution is 2.23. The van der Waals surface area contributed by atoms with Gasteiger partial charge in [0.15, 0.2) is 0 Å². The second-order valence-electron chi connectivity index (χ2n) is 5.00. The molecule has 102 valence electrons. The fourth-order valence-electron chi connectivity index (χ4n) is 2.40. The van der Waals surface area contributed by atoms with Gasteiger partial charge in [-0.25, -0.2) is 0 Å². The smallest absolute Gasteiger partial charge is 0.247 e. The molecule has 1 aromatic carbocycles. The van der Waals surface area contributed by atoms with Gasteiger partial charge in [0.1, 0.15) is 6.04 Å². The second-order valence-corrected chi connectivity index (χ2v) is 5.43. The molecule has 1 amide bonds. The Kier molecular flexibility index (Phi) is 4.25. The molecule has 4 heteroatoms. The van der Waals surface area contributed by atoms with E-state index in [2.05, 4.69) is 11.9 Å². The molecule has 0 N–H and O–H groups in total. The molecule has 0 saturated carbocycles. The maximum Gasteiger partial charge on any atom is 0.247 e. The number of fused-ring (bicyclic) bond motifs is 1. The van der Waals surface area contributed by atoms with Crippen LogP contribution in [0, 0.1) is 0 Å². The zero-order chi connectivity index (χ0) is 14.0. The van der Waals surface area contributed by atoms with Crippen molar-refractivity contribution in [2.75, 3.05) is 7.05 Å². The molecule has 1 unspecified atom stereocenters. The first-order valence-corrected chi connectivity index (χ1v) is 7.01. The van der Waals surface area contributed by atoms with Gasteiger partial charge in [-0.2, -0.15) is 0 Å². The van der Waals surface area contributed by atoms with Crippen LogP contribution in [-0.4, -0.2) is 29.6 Å². The van der Waals surface area contributed by atoms with Crippen molar-refractivity contribution < 1.29 is 4.79 Å². The maximum atomic E-state index is 12.1. The maximum absolute atomic E-state index is 12.1. The highest BCUT2D eigenvalue weighted by molar-refractivity contribution is 6.31. The fraction of sp³-hybridized carbons (Fsp3) is 0.467. The van der Waals surface area contributed by atoms with Crippen molar-refractivity contribution in [2.45, 2.75) is 39.3 Å². The Morgan fingerprint density at radius 1 is 1.47 bits per heavy atom. The molecule has 0 aliphatic carbocycles. The summed E-state index contributed by atoms with van der Waals surface area (Å²) < 4.78 is 0. The summed E-state index contributed by atoms with van der Waals surface area (Å²) in [4.78, 5) is 18.4. The lowest BCUT2D eigenvalue weighted by Crippen LogP contribution is -2.36. The third-order valence-electron chi connectivity index (χ3n) is 3.36. The first-order chi connectivity index (χ1) is 9.02. The van der Waals surface area contributed by atoms with Crippen LogP contribution in [0.15, 0.2) is 23.2 Å². The van der Waals surface area contributed by atoms with Gasteiger partial charge in [0, 0.05) is 29.9 Å². The minimum absolute atomic E-state index is 0.0641. The number of carbonyl (C=O) groups excluding carboxylic acids is 1. The number of hydrogen-bond donors (Lipinski definition) is 0. The van der Waals surface area contributed by atoms with Crippen molar-refractivity contribution in [3.05, 3.63) is 34.3 Å². The molecule has 0 bridgehead atoms. The van der Waals surface area contributed by atoms with Gasteiger partial charge in [-0.15, -0.1) is 0 Å². The van der Waals surface area contributed by atoms with E-state index < -0.39 is 0 Å². The predicted octanol–water partition coefficient (Wildman–Crippen LogP) is 3.29. The van der Waals surface area contributed by atoms with Gasteiger partial charge < -0.3 is 4.90 Å². The SMILES string of the molecule is CCCC1=NC(C)C(=O)N(C)Cc2ccc(Cl)cc21. The molecule has 19 heavy (non-hydrogen) atoms. The third-order valence-corrected chi connectivity index (χ3v) is 3.60. The van der Waals surface area contributed by atoms with E-state index in [1.807, 2.05) is 32.2 Å². The van der Waals surface area contributed by atoms with Gasteiger partial charge in [0.25, 0.3) is 0 Å². The third kappa shape index (κ3) is 2.98. The standard InChI is InChI=1S/C15H19ClN2O/c1-4-5-14-13-8-12(16)7-6-11(13)9-18(3)15(19)10(2)17-14/h6-8,10H,4-5,9H2,1-3H3. The Morgan fingerprint density at radius 2 is 2.21 bits per heavy atom. The zero-order valence-corrected chi connectivity index (χ0v) is 12.4. The Bertz CT molecular complexity index is 525. The Balaban J connectivity index is 2.55. The quantitative estimate of drug-likeness (QED) is 0.817. The van der Waals surface area contributed by atoms with Crippen molar-refractivity contribution >= 4 is 23.2 Å². The second kappa shape index (κ2) is 5.74. The molecule has 1 aliphatic rings. The predicted molar refractivity (Wildman–Crippen MR) is 78.8 cm³/mol. The molecule has 1 atom stereocenters. The largest absolute Gasteiger partial charge is 0.340 e. The number of aliphatic imine (C=N–C) groups is 1. The number of nitrogens with zero attached hydrogens (tertiary/aromatic N) is 2. The fourth-order valence-corrected chi connectivity index (χ4v) is 2.57. The van der Waals surface area contributed by atoms with Crippen molar-refractivity contribution in [2.24, 2.45) is 4.99 Å². The minimum Gasteiger partial charge on any atom is -0.340 e. The number of rotatable bonds is 2. The molecular weight excluding hydrogens is 260 g/mol. The summed E-state index contributed by atoms with van der Waals surface area (Å²) in [5.74, 6) is 0.0641. The monoisotopic (exact) mass is 278 g/mol. The number of halogens is 1. The van der Waals surface area contributed by atoms with Crippen molar-refractivity contribution in [3.8, 4) is 0 Å². The molecule has 0 fully saturated rings. The molecule has 0 spiro atoms. The summed E-state index contributed by atoms with van der Waals surface area (Å²) in [5, 5.41) is 0.713. The van der Waals surface area contributed by atoms with Gasteiger partial charge in [-0.05, 0) is 31.0 Å². The van der Waals surface area contributed by atoms with Crippen LogP contribution in [0.3, 0.4) is 0 Å². The van der Waals surface area contributed by atoms with Crippen LogP contribution in [-0.2, 0) is 11.3 Å². The lowest BCUT2D eigenvalue weighted by atomic mass is 9.98. The van der Waals surface area contributed by atoms with Crippen molar-refractivity contribution in [1.82, 2.24) is 4.90 Å². The minimum atomic E-state index is -0.321. The average Bonchev–Trinajstić information content (AvgIpc) is 2.38. The van der Waals surface area contributed by atoms with Crippen molar-refractivity contribution in [3.63, 3.8) is 0 Å². The summed E-state index contributed by atoms with van der Waals surface area (Å²) in [6, 6.07) is 5.50. The number of likely N-dealkylation sites (N-methyl/N-ethyl adjacent to an activating group) is 1. The van der Waals surface area contributed by atoms with Gasteiger partial charge in [-0.1, -0.05) is 31.0 Å². The van der Waals surface area contributed by atoms with E-state index in [1.165, 1.54) is 0 Å². The lowest BCUT2D eigenvalue weighted by molar-refractivity contribution is -0.131. The molecule has 0 saturated heterocycles. The number of carbonyl (C=O) groups is 1. The van der Waals surface area contributed by atoms with E-state index in [0.717, 1.165) is 29.7 Å². The first-order valence-electron chi connectivity index (χ1n) is 6.63. The highest BCUT2D eigenvalue weighted by atomic mass is 35.5. The van der Waals surface area contributed by atoms with Gasteiger partial charge in [0.2, 0.25) is 5.91 Å². The van der Waals surface area contributed by atoms with Gasteiger partial charge in [-0.3, -0.25) is 9.79 Å². The van der Waals surface area contributed by atoms with Crippen LogP contribution < -0.4 is 0 Å². The van der Waals surface area contributed by atoms with Crippen LogP contribution in [0.4, 0.5) is 0 Å².